The topological polar surface area (TPSA) is 46.2 Å². The Morgan fingerprint density at radius 2 is 1.80 bits per heavy atom. The van der Waals surface area contributed by atoms with Gasteiger partial charge >= 0.3 is 0 Å². The normalized spacial score (nSPS) is 11.7. The van der Waals surface area contributed by atoms with Crippen LogP contribution in [0.5, 0.6) is 0 Å². The molecule has 0 heterocycles. The summed E-state index contributed by atoms with van der Waals surface area (Å²) in [6.45, 7) is 0. The summed E-state index contributed by atoms with van der Waals surface area (Å²) in [6, 6.07) is 12.6. The summed E-state index contributed by atoms with van der Waals surface area (Å²) in [5.41, 5.74) is 0.962. The molecule has 6 heteroatoms. The highest BCUT2D eigenvalue weighted by Gasteiger charge is 2.07. The zero-order valence-electron chi connectivity index (χ0n) is 10.3. The first-order chi connectivity index (χ1) is 9.46. The van der Waals surface area contributed by atoms with Crippen molar-refractivity contribution in [3.63, 3.8) is 0 Å². The zero-order valence-corrected chi connectivity index (χ0v) is 11.8. The van der Waals surface area contributed by atoms with Gasteiger partial charge in [0.2, 0.25) is 0 Å². The highest BCUT2D eigenvalue weighted by molar-refractivity contribution is 7.95. The maximum atomic E-state index is 13.0. The van der Waals surface area contributed by atoms with Gasteiger partial charge in [0.05, 0.1) is 16.1 Å². The molecule has 20 heavy (non-hydrogen) atoms. The molecule has 0 amide bonds. The number of sulfonamides is 1. The highest BCUT2D eigenvalue weighted by atomic mass is 35.5. The van der Waals surface area contributed by atoms with Crippen molar-refractivity contribution in [2.75, 3.05) is 4.72 Å². The van der Waals surface area contributed by atoms with E-state index in [0.29, 0.717) is 0 Å². The van der Waals surface area contributed by atoms with Gasteiger partial charge < -0.3 is 0 Å². The van der Waals surface area contributed by atoms with Crippen molar-refractivity contribution in [1.82, 2.24) is 0 Å². The summed E-state index contributed by atoms with van der Waals surface area (Å²) >= 11 is 5.59. The Morgan fingerprint density at radius 3 is 2.45 bits per heavy atom. The smallest absolute Gasteiger partial charge is 0.255 e. The average Bonchev–Trinajstić information content (AvgIpc) is 2.42. The van der Waals surface area contributed by atoms with E-state index < -0.39 is 15.8 Å². The second-order valence-electron chi connectivity index (χ2n) is 3.99. The fourth-order valence-electron chi connectivity index (χ4n) is 1.49. The van der Waals surface area contributed by atoms with E-state index in [2.05, 4.69) is 4.72 Å². The van der Waals surface area contributed by atoms with Gasteiger partial charge in [-0.15, -0.1) is 0 Å². The minimum atomic E-state index is -3.67. The molecule has 1 N–H and O–H groups in total. The van der Waals surface area contributed by atoms with Crippen LogP contribution < -0.4 is 4.72 Å². The summed E-state index contributed by atoms with van der Waals surface area (Å²) in [4.78, 5) is 0. The predicted octanol–water partition coefficient (Wildman–Crippen LogP) is 3.89. The van der Waals surface area contributed by atoms with E-state index in [-0.39, 0.29) is 10.7 Å². The summed E-state index contributed by atoms with van der Waals surface area (Å²) < 4.78 is 38.9. The first-order valence-corrected chi connectivity index (χ1v) is 7.60. The lowest BCUT2D eigenvalue weighted by Crippen LogP contribution is -2.08. The lowest BCUT2D eigenvalue weighted by atomic mass is 10.2. The summed E-state index contributed by atoms with van der Waals surface area (Å²) in [6.07, 6.45) is 1.47. The number of hydrogen-bond acceptors (Lipinski definition) is 2. The average molecular weight is 312 g/mol. The molecule has 0 bridgehead atoms. The molecule has 2 aromatic rings. The Morgan fingerprint density at radius 1 is 1.10 bits per heavy atom. The van der Waals surface area contributed by atoms with E-state index >= 15 is 0 Å². The molecule has 0 aromatic heterocycles. The number of anilines is 1. The van der Waals surface area contributed by atoms with Gasteiger partial charge in [0, 0.05) is 0 Å². The summed E-state index contributed by atoms with van der Waals surface area (Å²) in [7, 11) is -3.67. The molecule has 0 radical (unpaired) electrons. The van der Waals surface area contributed by atoms with E-state index in [1.807, 2.05) is 6.07 Å². The lowest BCUT2D eigenvalue weighted by molar-refractivity contribution is 0.609. The Labute approximate surface area is 121 Å². The molecule has 3 nitrogen and oxygen atoms in total. The minimum absolute atomic E-state index is 0.141. The van der Waals surface area contributed by atoms with Crippen molar-refractivity contribution in [1.29, 1.82) is 0 Å². The van der Waals surface area contributed by atoms with E-state index in [9.17, 15) is 12.8 Å². The molecule has 0 saturated heterocycles. The third-order valence-electron chi connectivity index (χ3n) is 2.42. The summed E-state index contributed by atoms with van der Waals surface area (Å²) in [5, 5.41) is 0.900. The van der Waals surface area contributed by atoms with E-state index in [0.717, 1.165) is 17.0 Å². The number of benzene rings is 2. The Balaban J connectivity index is 2.15. The van der Waals surface area contributed by atoms with Crippen molar-refractivity contribution >= 4 is 33.4 Å². The van der Waals surface area contributed by atoms with Crippen LogP contribution in [0.25, 0.3) is 6.08 Å². The van der Waals surface area contributed by atoms with Crippen LogP contribution in [0.4, 0.5) is 10.1 Å². The molecule has 2 rings (SSSR count). The van der Waals surface area contributed by atoms with Crippen molar-refractivity contribution < 1.29 is 12.8 Å². The number of halogens is 2. The minimum Gasteiger partial charge on any atom is -0.280 e. The Kier molecular flexibility index (Phi) is 4.42. The van der Waals surface area contributed by atoms with Crippen LogP contribution in [-0.4, -0.2) is 8.42 Å². The van der Waals surface area contributed by atoms with E-state index in [1.165, 1.54) is 18.2 Å². The molecule has 0 saturated carbocycles. The van der Waals surface area contributed by atoms with Gasteiger partial charge in [0.15, 0.2) is 0 Å². The SMILES string of the molecule is O=S(=O)(C=Cc1ccccc1)Nc1ccc(F)c(Cl)c1. The number of nitrogens with one attached hydrogen (secondary N) is 1. The Hall–Kier alpha value is -1.85. The fourth-order valence-corrected chi connectivity index (χ4v) is 2.53. The standard InChI is InChI=1S/C14H11ClFNO2S/c15-13-10-12(6-7-14(13)16)17-20(18,19)9-8-11-4-2-1-3-5-11/h1-10,17H. The monoisotopic (exact) mass is 311 g/mol. The zero-order chi connectivity index (χ0) is 14.6. The largest absolute Gasteiger partial charge is 0.280 e. The van der Waals surface area contributed by atoms with Gasteiger partial charge in [-0.2, -0.15) is 0 Å². The second-order valence-corrected chi connectivity index (χ2v) is 5.96. The van der Waals surface area contributed by atoms with Crippen LogP contribution in [-0.2, 0) is 10.0 Å². The van der Waals surface area contributed by atoms with E-state index in [1.54, 1.807) is 24.3 Å². The first kappa shape index (κ1) is 14.6. The number of rotatable bonds is 4. The molecule has 0 atom stereocenters. The maximum absolute atomic E-state index is 13.0. The molecule has 0 aliphatic rings. The fraction of sp³-hybridized carbons (Fsp3) is 0. The van der Waals surface area contributed by atoms with Crippen molar-refractivity contribution in [2.45, 2.75) is 0 Å². The van der Waals surface area contributed by atoms with Crippen LogP contribution >= 0.6 is 11.6 Å². The van der Waals surface area contributed by atoms with Gasteiger partial charge in [0.25, 0.3) is 10.0 Å². The van der Waals surface area contributed by atoms with Gasteiger partial charge in [-0.1, -0.05) is 41.9 Å². The maximum Gasteiger partial charge on any atom is 0.255 e. The first-order valence-electron chi connectivity index (χ1n) is 5.67. The van der Waals surface area contributed by atoms with Gasteiger partial charge in [-0.25, -0.2) is 12.8 Å². The second kappa shape index (κ2) is 6.07. The molecular formula is C14H11ClFNO2S. The molecule has 0 unspecified atom stereocenters. The lowest BCUT2D eigenvalue weighted by Gasteiger charge is -2.05. The predicted molar refractivity (Wildman–Crippen MR) is 79.4 cm³/mol. The van der Waals surface area contributed by atoms with Crippen molar-refractivity contribution in [3.05, 3.63) is 70.3 Å². The van der Waals surface area contributed by atoms with Crippen LogP contribution in [0.3, 0.4) is 0 Å². The van der Waals surface area contributed by atoms with Crippen molar-refractivity contribution in [2.24, 2.45) is 0 Å². The quantitative estimate of drug-likeness (QED) is 0.931. The van der Waals surface area contributed by atoms with Crippen LogP contribution in [0, 0.1) is 5.82 Å². The molecule has 0 fully saturated rings. The molecule has 0 spiro atoms. The van der Waals surface area contributed by atoms with E-state index in [4.69, 9.17) is 11.6 Å². The third-order valence-corrected chi connectivity index (χ3v) is 3.72. The molecular weight excluding hydrogens is 301 g/mol. The van der Waals surface area contributed by atoms with Crippen molar-refractivity contribution in [3.8, 4) is 0 Å². The summed E-state index contributed by atoms with van der Waals surface area (Å²) in [5.74, 6) is -0.602. The van der Waals surface area contributed by atoms with Gasteiger partial charge in [0.1, 0.15) is 5.82 Å². The van der Waals surface area contributed by atoms with Crippen LogP contribution in [0.15, 0.2) is 53.9 Å². The number of hydrogen-bond donors (Lipinski definition) is 1. The molecule has 104 valence electrons. The van der Waals surface area contributed by atoms with Crippen LogP contribution in [0.2, 0.25) is 5.02 Å². The highest BCUT2D eigenvalue weighted by Crippen LogP contribution is 2.20. The van der Waals surface area contributed by atoms with Gasteiger partial charge in [-0.05, 0) is 29.8 Å². The van der Waals surface area contributed by atoms with Crippen LogP contribution in [0.1, 0.15) is 5.56 Å². The molecule has 0 aliphatic carbocycles. The molecule has 0 aliphatic heterocycles. The third kappa shape index (κ3) is 4.08. The Bertz CT molecular complexity index is 730. The molecule has 2 aromatic carbocycles. The van der Waals surface area contributed by atoms with Gasteiger partial charge in [-0.3, -0.25) is 4.72 Å².